The van der Waals surface area contributed by atoms with Crippen LogP contribution in [0.3, 0.4) is 0 Å². The quantitative estimate of drug-likeness (QED) is 0.421. The molecule has 1 unspecified atom stereocenters. The Hall–Kier alpha value is -2.86. The van der Waals surface area contributed by atoms with E-state index in [1.54, 1.807) is 0 Å². The number of carbonyl (C=O) groups is 2. The van der Waals surface area contributed by atoms with Crippen molar-refractivity contribution in [2.45, 2.75) is 65.0 Å². The maximum atomic E-state index is 13.0. The topological polar surface area (TPSA) is 93.4 Å². The summed E-state index contributed by atoms with van der Waals surface area (Å²) in [6.07, 6.45) is 2.82. The van der Waals surface area contributed by atoms with Gasteiger partial charge >= 0.3 is 0 Å². The van der Waals surface area contributed by atoms with Gasteiger partial charge < -0.3 is 21.1 Å². The fraction of sp³-hybridized carbons (Fsp3) is 0.481. The molecule has 0 aliphatic carbocycles. The summed E-state index contributed by atoms with van der Waals surface area (Å²) >= 11 is 0. The lowest BCUT2D eigenvalue weighted by atomic mass is 9.99. The van der Waals surface area contributed by atoms with E-state index in [-0.39, 0.29) is 30.3 Å². The van der Waals surface area contributed by atoms with Crippen LogP contribution in [0.5, 0.6) is 5.75 Å². The molecule has 0 fully saturated rings. The zero-order valence-electron chi connectivity index (χ0n) is 20.3. The van der Waals surface area contributed by atoms with E-state index in [1.165, 1.54) is 0 Å². The summed E-state index contributed by atoms with van der Waals surface area (Å²) in [6.45, 7) is 9.03. The van der Waals surface area contributed by atoms with Crippen molar-refractivity contribution in [2.24, 2.45) is 11.7 Å². The lowest BCUT2D eigenvalue weighted by molar-refractivity contribution is -0.124. The van der Waals surface area contributed by atoms with Crippen LogP contribution in [0.4, 0.5) is 0 Å². The minimum Gasteiger partial charge on any atom is -0.493 e. The summed E-state index contributed by atoms with van der Waals surface area (Å²) in [4.78, 5) is 25.2. The number of amides is 2. The van der Waals surface area contributed by atoms with Gasteiger partial charge in [0.2, 0.25) is 11.8 Å². The van der Waals surface area contributed by atoms with Crippen LogP contribution < -0.4 is 21.1 Å². The molecule has 6 heteroatoms. The maximum Gasteiger partial charge on any atom is 0.236 e. The molecular formula is C27H39N3O3. The predicted octanol–water partition coefficient (Wildman–Crippen LogP) is 4.32. The van der Waals surface area contributed by atoms with Crippen molar-refractivity contribution in [1.82, 2.24) is 10.6 Å². The predicted molar refractivity (Wildman–Crippen MR) is 133 cm³/mol. The van der Waals surface area contributed by atoms with Crippen molar-refractivity contribution in [3.63, 3.8) is 0 Å². The molecule has 180 valence electrons. The molecule has 0 saturated heterocycles. The van der Waals surface area contributed by atoms with Crippen LogP contribution in [0, 0.1) is 5.92 Å². The Morgan fingerprint density at radius 2 is 1.61 bits per heavy atom. The van der Waals surface area contributed by atoms with Gasteiger partial charge in [-0.3, -0.25) is 9.59 Å². The SMILES string of the molecule is CCCC(C)COc1ccc([C@@H](CNC(=O)[C@@H](N)CC)NC(=O)[C@@H](C)c2ccccc2)cc1. The highest BCUT2D eigenvalue weighted by Crippen LogP contribution is 2.21. The molecule has 0 bridgehead atoms. The molecule has 0 saturated carbocycles. The summed E-state index contributed by atoms with van der Waals surface area (Å²) in [5.41, 5.74) is 7.68. The van der Waals surface area contributed by atoms with Crippen LogP contribution in [-0.2, 0) is 9.59 Å². The molecule has 0 radical (unpaired) electrons. The highest BCUT2D eigenvalue weighted by molar-refractivity contribution is 5.84. The van der Waals surface area contributed by atoms with Crippen LogP contribution in [0.2, 0.25) is 0 Å². The van der Waals surface area contributed by atoms with Crippen molar-refractivity contribution in [3.05, 3.63) is 65.7 Å². The fourth-order valence-electron chi connectivity index (χ4n) is 3.57. The van der Waals surface area contributed by atoms with Gasteiger partial charge in [0.15, 0.2) is 0 Å². The molecule has 4 atom stereocenters. The van der Waals surface area contributed by atoms with E-state index >= 15 is 0 Å². The Morgan fingerprint density at radius 3 is 2.21 bits per heavy atom. The van der Waals surface area contributed by atoms with Crippen LogP contribution >= 0.6 is 0 Å². The number of rotatable bonds is 13. The molecule has 0 heterocycles. The molecule has 2 rings (SSSR count). The third kappa shape index (κ3) is 8.54. The van der Waals surface area contributed by atoms with Crippen LogP contribution in [-0.4, -0.2) is 31.0 Å². The molecule has 6 nitrogen and oxygen atoms in total. The van der Waals surface area contributed by atoms with E-state index in [0.29, 0.717) is 18.9 Å². The first-order chi connectivity index (χ1) is 15.8. The number of nitrogens with one attached hydrogen (secondary N) is 2. The summed E-state index contributed by atoms with van der Waals surface area (Å²) in [5, 5.41) is 5.97. The Balaban J connectivity index is 2.11. The summed E-state index contributed by atoms with van der Waals surface area (Å²) in [7, 11) is 0. The van der Waals surface area contributed by atoms with Gasteiger partial charge in [0.05, 0.1) is 24.6 Å². The smallest absolute Gasteiger partial charge is 0.236 e. The second-order valence-corrected chi connectivity index (χ2v) is 8.73. The molecule has 4 N–H and O–H groups in total. The number of carbonyl (C=O) groups excluding carboxylic acids is 2. The fourth-order valence-corrected chi connectivity index (χ4v) is 3.57. The second kappa shape index (κ2) is 13.6. The van der Waals surface area contributed by atoms with Gasteiger partial charge in [0.25, 0.3) is 0 Å². The van der Waals surface area contributed by atoms with E-state index in [9.17, 15) is 9.59 Å². The average molecular weight is 454 g/mol. The third-order valence-electron chi connectivity index (χ3n) is 5.86. The zero-order chi connectivity index (χ0) is 24.2. The van der Waals surface area contributed by atoms with Crippen molar-refractivity contribution < 1.29 is 14.3 Å². The number of benzene rings is 2. The number of ether oxygens (including phenoxy) is 1. The summed E-state index contributed by atoms with van der Waals surface area (Å²) < 4.78 is 5.90. The van der Waals surface area contributed by atoms with Gasteiger partial charge in [-0.25, -0.2) is 0 Å². The van der Waals surface area contributed by atoms with Gasteiger partial charge in [-0.2, -0.15) is 0 Å². The van der Waals surface area contributed by atoms with Gasteiger partial charge in [-0.1, -0.05) is 69.7 Å². The lowest BCUT2D eigenvalue weighted by Gasteiger charge is -2.23. The highest BCUT2D eigenvalue weighted by atomic mass is 16.5. The first-order valence-corrected chi connectivity index (χ1v) is 12.0. The standard InChI is InChI=1S/C27H39N3O3/c1-5-10-19(3)18-33-23-15-13-22(14-16-23)25(17-29-27(32)24(28)6-2)30-26(31)20(4)21-11-8-7-9-12-21/h7-9,11-16,19-20,24-25H,5-6,10,17-18,28H2,1-4H3,(H,29,32)(H,30,31)/t19?,20-,24-,25+/m0/s1. The van der Waals surface area contributed by atoms with Crippen molar-refractivity contribution in [2.75, 3.05) is 13.2 Å². The summed E-state index contributed by atoms with van der Waals surface area (Å²) in [5.74, 6) is 0.650. The molecule has 0 aliphatic heterocycles. The number of hydrogen-bond donors (Lipinski definition) is 3. The minimum absolute atomic E-state index is 0.103. The maximum absolute atomic E-state index is 13.0. The first kappa shape index (κ1) is 26.4. The molecule has 0 aromatic heterocycles. The van der Waals surface area contributed by atoms with Gasteiger partial charge in [-0.15, -0.1) is 0 Å². The monoisotopic (exact) mass is 453 g/mol. The average Bonchev–Trinajstić information content (AvgIpc) is 2.85. The highest BCUT2D eigenvalue weighted by Gasteiger charge is 2.22. The van der Waals surface area contributed by atoms with Crippen molar-refractivity contribution >= 4 is 11.8 Å². The van der Waals surface area contributed by atoms with Gasteiger partial charge in [-0.05, 0) is 48.9 Å². The molecular weight excluding hydrogens is 414 g/mol. The Morgan fingerprint density at radius 1 is 0.939 bits per heavy atom. The van der Waals surface area contributed by atoms with E-state index < -0.39 is 6.04 Å². The normalized spacial score (nSPS) is 14.6. The Labute approximate surface area is 198 Å². The molecule has 2 amide bonds. The molecule has 2 aromatic carbocycles. The van der Waals surface area contributed by atoms with Gasteiger partial charge in [0.1, 0.15) is 5.75 Å². The van der Waals surface area contributed by atoms with E-state index in [4.69, 9.17) is 10.5 Å². The first-order valence-electron chi connectivity index (χ1n) is 12.0. The van der Waals surface area contributed by atoms with Crippen molar-refractivity contribution in [3.8, 4) is 5.75 Å². The number of hydrogen-bond acceptors (Lipinski definition) is 4. The Bertz CT molecular complexity index is 855. The van der Waals surface area contributed by atoms with Crippen LogP contribution in [0.25, 0.3) is 0 Å². The van der Waals surface area contributed by atoms with Crippen LogP contribution in [0.1, 0.15) is 70.0 Å². The second-order valence-electron chi connectivity index (χ2n) is 8.73. The lowest BCUT2D eigenvalue weighted by Crippen LogP contribution is -2.45. The zero-order valence-corrected chi connectivity index (χ0v) is 20.3. The van der Waals surface area contributed by atoms with Crippen molar-refractivity contribution in [1.29, 1.82) is 0 Å². The molecule has 0 spiro atoms. The van der Waals surface area contributed by atoms with E-state index in [2.05, 4.69) is 24.5 Å². The number of nitrogens with two attached hydrogens (primary N) is 1. The third-order valence-corrected chi connectivity index (χ3v) is 5.86. The van der Waals surface area contributed by atoms with E-state index in [0.717, 1.165) is 29.7 Å². The molecule has 33 heavy (non-hydrogen) atoms. The molecule has 2 aromatic rings. The van der Waals surface area contributed by atoms with Gasteiger partial charge in [0, 0.05) is 6.54 Å². The van der Waals surface area contributed by atoms with E-state index in [1.807, 2.05) is 68.4 Å². The largest absolute Gasteiger partial charge is 0.493 e. The van der Waals surface area contributed by atoms with Crippen LogP contribution in [0.15, 0.2) is 54.6 Å². The molecule has 0 aliphatic rings. The Kier molecular flexibility index (Phi) is 10.9. The minimum atomic E-state index is -0.564. The summed E-state index contributed by atoms with van der Waals surface area (Å²) in [6, 6.07) is 16.4.